The molecular formula is C13H8BrF3N2O. The van der Waals surface area contributed by atoms with Crippen molar-refractivity contribution in [2.45, 2.75) is 0 Å². The molecule has 0 saturated carbocycles. The lowest BCUT2D eigenvalue weighted by Crippen LogP contribution is -2.16. The van der Waals surface area contributed by atoms with E-state index in [2.05, 4.69) is 21.2 Å². The van der Waals surface area contributed by atoms with E-state index in [-0.39, 0.29) is 15.8 Å². The van der Waals surface area contributed by atoms with Crippen LogP contribution in [-0.4, -0.2) is 5.91 Å². The second-order valence-corrected chi connectivity index (χ2v) is 4.85. The van der Waals surface area contributed by atoms with Gasteiger partial charge in [-0.05, 0) is 30.3 Å². The van der Waals surface area contributed by atoms with Gasteiger partial charge in [0.25, 0.3) is 5.91 Å². The highest BCUT2D eigenvalue weighted by Gasteiger charge is 2.18. The first kappa shape index (κ1) is 14.4. The van der Waals surface area contributed by atoms with E-state index >= 15 is 0 Å². The summed E-state index contributed by atoms with van der Waals surface area (Å²) in [6, 6.07) is 5.44. The van der Waals surface area contributed by atoms with Crippen LogP contribution in [-0.2, 0) is 0 Å². The number of nitrogen functional groups attached to an aromatic ring is 1. The maximum absolute atomic E-state index is 13.6. The number of rotatable bonds is 2. The maximum atomic E-state index is 13.6. The largest absolute Gasteiger partial charge is 0.396 e. The van der Waals surface area contributed by atoms with Gasteiger partial charge < -0.3 is 11.1 Å². The molecule has 20 heavy (non-hydrogen) atoms. The number of halogens is 4. The van der Waals surface area contributed by atoms with Crippen molar-refractivity contribution in [3.63, 3.8) is 0 Å². The smallest absolute Gasteiger partial charge is 0.261 e. The third-order valence-corrected chi connectivity index (χ3v) is 2.95. The summed E-state index contributed by atoms with van der Waals surface area (Å²) >= 11 is 2.91. The third kappa shape index (κ3) is 2.93. The van der Waals surface area contributed by atoms with Gasteiger partial charge in [-0.3, -0.25) is 4.79 Å². The van der Waals surface area contributed by atoms with Crippen molar-refractivity contribution in [3.8, 4) is 0 Å². The number of carbonyl (C=O) groups is 1. The van der Waals surface area contributed by atoms with Gasteiger partial charge in [0.1, 0.15) is 23.0 Å². The van der Waals surface area contributed by atoms with Gasteiger partial charge in [-0.25, -0.2) is 13.2 Å². The normalized spacial score (nSPS) is 10.4. The fourth-order valence-electron chi connectivity index (χ4n) is 1.56. The van der Waals surface area contributed by atoms with Crippen LogP contribution in [0.5, 0.6) is 0 Å². The van der Waals surface area contributed by atoms with Crippen molar-refractivity contribution in [1.82, 2.24) is 0 Å². The average molecular weight is 345 g/mol. The third-order valence-electron chi connectivity index (χ3n) is 2.49. The van der Waals surface area contributed by atoms with Crippen molar-refractivity contribution < 1.29 is 18.0 Å². The second-order valence-electron chi connectivity index (χ2n) is 3.93. The molecule has 0 aromatic heterocycles. The lowest BCUT2D eigenvalue weighted by molar-refractivity contribution is 0.101. The van der Waals surface area contributed by atoms with Gasteiger partial charge in [0, 0.05) is 10.2 Å². The topological polar surface area (TPSA) is 55.1 Å². The molecule has 2 aromatic carbocycles. The number of anilines is 2. The zero-order chi connectivity index (χ0) is 14.9. The van der Waals surface area contributed by atoms with Crippen LogP contribution in [0.3, 0.4) is 0 Å². The standard InChI is InChI=1S/C13H8BrF3N2O/c14-6-3-9(16)12(10(17)4-6)13(20)19-7-1-2-11(18)8(15)5-7/h1-5H,18H2,(H,19,20). The average Bonchev–Trinajstić information content (AvgIpc) is 2.32. The Labute approximate surface area is 120 Å². The molecular weight excluding hydrogens is 337 g/mol. The van der Waals surface area contributed by atoms with Crippen LogP contribution in [0, 0.1) is 17.5 Å². The molecule has 2 aromatic rings. The van der Waals surface area contributed by atoms with Crippen molar-refractivity contribution in [1.29, 1.82) is 0 Å². The predicted octanol–water partition coefficient (Wildman–Crippen LogP) is 3.70. The molecule has 3 N–H and O–H groups in total. The monoisotopic (exact) mass is 344 g/mol. The highest BCUT2D eigenvalue weighted by molar-refractivity contribution is 9.10. The molecule has 104 valence electrons. The maximum Gasteiger partial charge on any atom is 0.261 e. The van der Waals surface area contributed by atoms with Crippen LogP contribution in [0.1, 0.15) is 10.4 Å². The Morgan fingerprint density at radius 2 is 1.65 bits per heavy atom. The molecule has 0 aliphatic carbocycles. The summed E-state index contributed by atoms with van der Waals surface area (Å²) in [7, 11) is 0. The molecule has 0 radical (unpaired) electrons. The number of benzene rings is 2. The number of nitrogens with two attached hydrogens (primary N) is 1. The van der Waals surface area contributed by atoms with E-state index in [0.29, 0.717) is 0 Å². The Morgan fingerprint density at radius 3 is 2.20 bits per heavy atom. The van der Waals surface area contributed by atoms with Gasteiger partial charge in [0.2, 0.25) is 0 Å². The Balaban J connectivity index is 2.31. The molecule has 0 aliphatic heterocycles. The van der Waals surface area contributed by atoms with Crippen LogP contribution in [0.15, 0.2) is 34.8 Å². The molecule has 7 heteroatoms. The van der Waals surface area contributed by atoms with Crippen LogP contribution < -0.4 is 11.1 Å². The first-order chi connectivity index (χ1) is 9.38. The zero-order valence-corrected chi connectivity index (χ0v) is 11.5. The van der Waals surface area contributed by atoms with Gasteiger partial charge in [0.15, 0.2) is 0 Å². The summed E-state index contributed by atoms with van der Waals surface area (Å²) < 4.78 is 40.5. The Morgan fingerprint density at radius 1 is 1.05 bits per heavy atom. The van der Waals surface area contributed by atoms with Crippen molar-refractivity contribution in [2.24, 2.45) is 0 Å². The zero-order valence-electron chi connectivity index (χ0n) is 9.88. The molecule has 0 atom stereocenters. The number of carbonyl (C=O) groups excluding carboxylic acids is 1. The summed E-state index contributed by atoms with van der Waals surface area (Å²) in [6.45, 7) is 0. The van der Waals surface area contributed by atoms with E-state index in [1.807, 2.05) is 0 Å². The molecule has 1 amide bonds. The fourth-order valence-corrected chi connectivity index (χ4v) is 1.96. The first-order valence-corrected chi connectivity index (χ1v) is 6.18. The van der Waals surface area contributed by atoms with E-state index < -0.39 is 28.9 Å². The number of hydrogen-bond donors (Lipinski definition) is 2. The van der Waals surface area contributed by atoms with E-state index in [4.69, 9.17) is 5.73 Å². The molecule has 3 nitrogen and oxygen atoms in total. The van der Waals surface area contributed by atoms with Crippen LogP contribution in [0.4, 0.5) is 24.5 Å². The van der Waals surface area contributed by atoms with Crippen LogP contribution in [0.25, 0.3) is 0 Å². The van der Waals surface area contributed by atoms with Crippen LogP contribution >= 0.6 is 15.9 Å². The predicted molar refractivity (Wildman–Crippen MR) is 72.8 cm³/mol. The summed E-state index contributed by atoms with van der Waals surface area (Å²) in [5, 5.41) is 2.20. The number of amides is 1. The number of nitrogens with one attached hydrogen (secondary N) is 1. The van der Waals surface area contributed by atoms with E-state index in [0.717, 1.165) is 18.2 Å². The van der Waals surface area contributed by atoms with E-state index in [1.165, 1.54) is 12.1 Å². The molecule has 0 aliphatic rings. The Hall–Kier alpha value is -2.02. The molecule has 0 saturated heterocycles. The quantitative estimate of drug-likeness (QED) is 0.816. The molecule has 0 unspecified atom stereocenters. The Bertz CT molecular complexity index is 668. The van der Waals surface area contributed by atoms with Gasteiger partial charge in [-0.2, -0.15) is 0 Å². The SMILES string of the molecule is Nc1ccc(NC(=O)c2c(F)cc(Br)cc2F)cc1F. The summed E-state index contributed by atoms with van der Waals surface area (Å²) in [4.78, 5) is 11.8. The lowest BCUT2D eigenvalue weighted by Gasteiger charge is -2.08. The van der Waals surface area contributed by atoms with Gasteiger partial charge in [-0.1, -0.05) is 15.9 Å². The minimum absolute atomic E-state index is 0.0448. The second kappa shape index (κ2) is 5.54. The Kier molecular flexibility index (Phi) is 3.99. The van der Waals surface area contributed by atoms with Crippen molar-refractivity contribution in [2.75, 3.05) is 11.1 Å². The molecule has 2 rings (SSSR count). The summed E-state index contributed by atoms with van der Waals surface area (Å²) in [6.07, 6.45) is 0. The van der Waals surface area contributed by atoms with Crippen LogP contribution in [0.2, 0.25) is 0 Å². The van der Waals surface area contributed by atoms with E-state index in [9.17, 15) is 18.0 Å². The molecule has 0 bridgehead atoms. The minimum Gasteiger partial charge on any atom is -0.396 e. The first-order valence-electron chi connectivity index (χ1n) is 5.39. The van der Waals surface area contributed by atoms with Gasteiger partial charge >= 0.3 is 0 Å². The van der Waals surface area contributed by atoms with Crippen molar-refractivity contribution in [3.05, 3.63) is 57.8 Å². The van der Waals surface area contributed by atoms with Gasteiger partial charge in [0.05, 0.1) is 5.69 Å². The van der Waals surface area contributed by atoms with Gasteiger partial charge in [-0.15, -0.1) is 0 Å². The lowest BCUT2D eigenvalue weighted by atomic mass is 10.1. The van der Waals surface area contributed by atoms with Crippen molar-refractivity contribution >= 4 is 33.2 Å². The molecule has 0 heterocycles. The summed E-state index contributed by atoms with van der Waals surface area (Å²) in [5.41, 5.74) is 4.49. The highest BCUT2D eigenvalue weighted by Crippen LogP contribution is 2.21. The summed E-state index contributed by atoms with van der Waals surface area (Å²) in [5.74, 6) is -3.80. The number of hydrogen-bond acceptors (Lipinski definition) is 2. The minimum atomic E-state index is -1.02. The molecule has 0 fully saturated rings. The highest BCUT2D eigenvalue weighted by atomic mass is 79.9. The van der Waals surface area contributed by atoms with E-state index in [1.54, 1.807) is 0 Å². The molecule has 0 spiro atoms. The fraction of sp³-hybridized carbons (Fsp3) is 0.